The molecule has 3 rings (SSSR count). The normalized spacial score (nSPS) is 12.2. The molecule has 0 aliphatic rings. The lowest BCUT2D eigenvalue weighted by Crippen LogP contribution is -2.02. The highest BCUT2D eigenvalue weighted by Gasteiger charge is 2.09. The lowest BCUT2D eigenvalue weighted by molar-refractivity contribution is 0.543. The molecule has 0 fully saturated rings. The van der Waals surface area contributed by atoms with Crippen LogP contribution in [0, 0.1) is 0 Å². The zero-order chi connectivity index (χ0) is 19.1. The molecule has 0 amide bonds. The number of anilines is 1. The average molecular weight is 362 g/mol. The van der Waals surface area contributed by atoms with Gasteiger partial charge in [-0.3, -0.25) is 5.10 Å². The Labute approximate surface area is 158 Å². The number of H-pyrrole nitrogens is 1. The van der Waals surface area contributed by atoms with Gasteiger partial charge < -0.3 is 9.73 Å². The molecule has 0 saturated carbocycles. The van der Waals surface area contributed by atoms with E-state index >= 15 is 0 Å². The fourth-order valence-electron chi connectivity index (χ4n) is 2.63. The molecule has 0 bridgehead atoms. The predicted molar refractivity (Wildman–Crippen MR) is 106 cm³/mol. The summed E-state index contributed by atoms with van der Waals surface area (Å²) in [6, 6.07) is 1.88. The van der Waals surface area contributed by atoms with Gasteiger partial charge in [-0.1, -0.05) is 31.7 Å². The van der Waals surface area contributed by atoms with Crippen molar-refractivity contribution in [1.82, 2.24) is 25.1 Å². The Morgan fingerprint density at radius 3 is 3.00 bits per heavy atom. The highest BCUT2D eigenvalue weighted by Crippen LogP contribution is 2.22. The van der Waals surface area contributed by atoms with E-state index in [0.717, 1.165) is 40.4 Å². The van der Waals surface area contributed by atoms with Crippen molar-refractivity contribution in [3.05, 3.63) is 73.0 Å². The van der Waals surface area contributed by atoms with Crippen molar-refractivity contribution in [3.8, 4) is 11.3 Å². The van der Waals surface area contributed by atoms with Crippen molar-refractivity contribution in [1.29, 1.82) is 0 Å². The van der Waals surface area contributed by atoms with Crippen molar-refractivity contribution in [3.63, 3.8) is 0 Å². The average Bonchev–Trinajstić information content (AvgIpc) is 3.36. The molecule has 0 aliphatic carbocycles. The zero-order valence-electron chi connectivity index (χ0n) is 15.4. The third kappa shape index (κ3) is 4.58. The van der Waals surface area contributed by atoms with E-state index in [4.69, 9.17) is 4.42 Å². The number of hydrogen-bond donors (Lipinski definition) is 2. The fourth-order valence-corrected chi connectivity index (χ4v) is 2.63. The first-order chi connectivity index (χ1) is 13.2. The second-order valence-corrected chi connectivity index (χ2v) is 5.89. The van der Waals surface area contributed by atoms with Crippen LogP contribution < -0.4 is 5.32 Å². The summed E-state index contributed by atoms with van der Waals surface area (Å²) in [5, 5.41) is 10.3. The summed E-state index contributed by atoms with van der Waals surface area (Å²) in [6.07, 6.45) is 13.9. The Morgan fingerprint density at radius 2 is 2.26 bits per heavy atom. The number of aromatic nitrogens is 5. The number of aryl methyl sites for hydroxylation is 1. The quantitative estimate of drug-likeness (QED) is 0.577. The minimum absolute atomic E-state index is 0.540. The second-order valence-electron chi connectivity index (χ2n) is 5.89. The minimum Gasteiger partial charge on any atom is -0.444 e. The Morgan fingerprint density at radius 1 is 1.37 bits per heavy atom. The first-order valence-electron chi connectivity index (χ1n) is 8.71. The van der Waals surface area contributed by atoms with Crippen LogP contribution in [0.3, 0.4) is 0 Å². The van der Waals surface area contributed by atoms with E-state index in [9.17, 15) is 0 Å². The monoisotopic (exact) mass is 362 g/mol. The number of rotatable bonds is 8. The Bertz CT molecular complexity index is 953. The van der Waals surface area contributed by atoms with Gasteiger partial charge in [0.1, 0.15) is 0 Å². The molecule has 3 heterocycles. The molecular weight excluding hydrogens is 340 g/mol. The molecular formula is C20H22N6O. The summed E-state index contributed by atoms with van der Waals surface area (Å²) in [5.74, 6) is 1.27. The van der Waals surface area contributed by atoms with Crippen molar-refractivity contribution in [2.24, 2.45) is 0 Å². The predicted octanol–water partition coefficient (Wildman–Crippen LogP) is 4.39. The van der Waals surface area contributed by atoms with E-state index in [1.165, 1.54) is 6.39 Å². The molecule has 2 N–H and O–H groups in total. The maximum absolute atomic E-state index is 5.37. The SMILES string of the molecule is C=C/C=C(\C/C=C(\C)Nc1nccc(-c2cn[nH]c2CC)n1)c1cnco1. The molecule has 0 radical (unpaired) electrons. The van der Waals surface area contributed by atoms with E-state index in [1.807, 2.05) is 25.1 Å². The van der Waals surface area contributed by atoms with Gasteiger partial charge in [0.15, 0.2) is 12.2 Å². The van der Waals surface area contributed by atoms with Crippen LogP contribution in [-0.4, -0.2) is 25.1 Å². The number of aromatic amines is 1. The van der Waals surface area contributed by atoms with Gasteiger partial charge in [0.2, 0.25) is 5.95 Å². The number of nitrogens with zero attached hydrogens (tertiary/aromatic N) is 4. The fraction of sp³-hybridized carbons (Fsp3) is 0.200. The van der Waals surface area contributed by atoms with E-state index in [1.54, 1.807) is 24.7 Å². The van der Waals surface area contributed by atoms with Crippen molar-refractivity contribution < 1.29 is 4.42 Å². The van der Waals surface area contributed by atoms with Crippen molar-refractivity contribution in [2.45, 2.75) is 26.7 Å². The first-order valence-corrected chi connectivity index (χ1v) is 8.71. The third-order valence-corrected chi connectivity index (χ3v) is 4.01. The van der Waals surface area contributed by atoms with E-state index in [2.05, 4.69) is 44.0 Å². The van der Waals surface area contributed by atoms with Gasteiger partial charge in [0, 0.05) is 28.7 Å². The minimum atomic E-state index is 0.540. The van der Waals surface area contributed by atoms with E-state index < -0.39 is 0 Å². The van der Waals surface area contributed by atoms with Crippen LogP contribution in [0.2, 0.25) is 0 Å². The van der Waals surface area contributed by atoms with Crippen LogP contribution in [0.5, 0.6) is 0 Å². The highest BCUT2D eigenvalue weighted by molar-refractivity contribution is 5.64. The van der Waals surface area contributed by atoms with E-state index in [0.29, 0.717) is 12.4 Å². The summed E-state index contributed by atoms with van der Waals surface area (Å²) >= 11 is 0. The highest BCUT2D eigenvalue weighted by atomic mass is 16.3. The Balaban J connectivity index is 1.73. The molecule has 138 valence electrons. The van der Waals surface area contributed by atoms with Gasteiger partial charge in [-0.05, 0) is 25.8 Å². The van der Waals surface area contributed by atoms with Crippen molar-refractivity contribution >= 4 is 11.5 Å². The summed E-state index contributed by atoms with van der Waals surface area (Å²) in [7, 11) is 0. The molecule has 7 heteroatoms. The van der Waals surface area contributed by atoms with Crippen LogP contribution in [0.1, 0.15) is 31.7 Å². The maximum atomic E-state index is 5.37. The zero-order valence-corrected chi connectivity index (χ0v) is 15.4. The molecule has 27 heavy (non-hydrogen) atoms. The molecule has 3 aromatic rings. The van der Waals surface area contributed by atoms with Gasteiger partial charge in [-0.25, -0.2) is 15.0 Å². The van der Waals surface area contributed by atoms with E-state index in [-0.39, 0.29) is 0 Å². The first kappa shape index (κ1) is 18.3. The standard InChI is InChI=1S/C20H22N6O/c1-4-6-15(19-12-21-13-27-19)8-7-14(3)24-20-22-10-9-18(25-20)16-11-23-26-17(16)5-2/h4,6-7,9-13H,1,5,8H2,2-3H3,(H,23,26)(H,22,24,25)/b14-7+,15-6+. The van der Waals surface area contributed by atoms with Gasteiger partial charge in [-0.2, -0.15) is 5.10 Å². The largest absolute Gasteiger partial charge is 0.444 e. The summed E-state index contributed by atoms with van der Waals surface area (Å²) in [5.41, 5.74) is 4.80. The van der Waals surface area contributed by atoms with Crippen LogP contribution in [0.4, 0.5) is 5.95 Å². The molecule has 0 atom stereocenters. The molecule has 0 unspecified atom stereocenters. The lowest BCUT2D eigenvalue weighted by atomic mass is 10.1. The van der Waals surface area contributed by atoms with Gasteiger partial charge in [0.25, 0.3) is 0 Å². The van der Waals surface area contributed by atoms with Crippen LogP contribution in [0.15, 0.2) is 66.0 Å². The molecule has 0 aromatic carbocycles. The molecule has 7 nitrogen and oxygen atoms in total. The molecule has 3 aromatic heterocycles. The molecule has 0 spiro atoms. The Hall–Kier alpha value is -3.48. The summed E-state index contributed by atoms with van der Waals surface area (Å²) < 4.78 is 5.37. The van der Waals surface area contributed by atoms with Crippen LogP contribution in [0.25, 0.3) is 16.8 Å². The number of oxazole rings is 1. The lowest BCUT2D eigenvalue weighted by Gasteiger charge is -2.07. The topological polar surface area (TPSA) is 92.5 Å². The van der Waals surface area contributed by atoms with Crippen LogP contribution >= 0.6 is 0 Å². The summed E-state index contributed by atoms with van der Waals surface area (Å²) in [6.45, 7) is 7.80. The van der Waals surface area contributed by atoms with Gasteiger partial charge in [-0.15, -0.1) is 0 Å². The Kier molecular flexibility index (Phi) is 5.94. The number of nitrogens with one attached hydrogen (secondary N) is 2. The van der Waals surface area contributed by atoms with Crippen LogP contribution in [-0.2, 0) is 6.42 Å². The molecule has 0 aliphatic heterocycles. The summed E-state index contributed by atoms with van der Waals surface area (Å²) in [4.78, 5) is 12.9. The number of allylic oxidation sites excluding steroid dienone is 5. The van der Waals surface area contributed by atoms with Crippen molar-refractivity contribution in [2.75, 3.05) is 5.32 Å². The van der Waals surface area contributed by atoms with Gasteiger partial charge in [0.05, 0.1) is 18.1 Å². The second kappa shape index (κ2) is 8.75. The number of hydrogen-bond acceptors (Lipinski definition) is 6. The smallest absolute Gasteiger partial charge is 0.227 e. The maximum Gasteiger partial charge on any atom is 0.227 e. The van der Waals surface area contributed by atoms with Gasteiger partial charge >= 0.3 is 0 Å². The molecule has 0 saturated heterocycles. The third-order valence-electron chi connectivity index (χ3n) is 4.01.